The SMILES string of the molecule is COc1ccccc1[C@H](CC(=O)N[C@H](C)c1ccccc1)[Si](C)(C)C. The van der Waals surface area contributed by atoms with Crippen molar-refractivity contribution >= 4 is 14.0 Å². The molecule has 0 saturated heterocycles. The second-order valence-electron chi connectivity index (χ2n) is 7.56. The van der Waals surface area contributed by atoms with E-state index in [0.29, 0.717) is 6.42 Å². The lowest BCUT2D eigenvalue weighted by molar-refractivity contribution is -0.121. The quantitative estimate of drug-likeness (QED) is 0.716. The topological polar surface area (TPSA) is 38.3 Å². The van der Waals surface area contributed by atoms with E-state index in [9.17, 15) is 4.79 Å². The highest BCUT2D eigenvalue weighted by molar-refractivity contribution is 6.77. The Labute approximate surface area is 152 Å². The van der Waals surface area contributed by atoms with Crippen molar-refractivity contribution in [3.8, 4) is 5.75 Å². The molecule has 1 N–H and O–H groups in total. The molecule has 0 aromatic heterocycles. The second kappa shape index (κ2) is 8.34. The van der Waals surface area contributed by atoms with Gasteiger partial charge in [0.05, 0.1) is 21.2 Å². The van der Waals surface area contributed by atoms with Crippen LogP contribution < -0.4 is 10.1 Å². The van der Waals surface area contributed by atoms with E-state index < -0.39 is 8.07 Å². The molecule has 4 heteroatoms. The van der Waals surface area contributed by atoms with Crippen LogP contribution in [-0.2, 0) is 4.79 Å². The fraction of sp³-hybridized carbons (Fsp3) is 0.381. The zero-order valence-corrected chi connectivity index (χ0v) is 16.9. The maximum absolute atomic E-state index is 12.7. The van der Waals surface area contributed by atoms with Gasteiger partial charge in [-0.15, -0.1) is 0 Å². The maximum atomic E-state index is 12.7. The minimum Gasteiger partial charge on any atom is -0.496 e. The van der Waals surface area contributed by atoms with Crippen LogP contribution in [0.5, 0.6) is 5.75 Å². The lowest BCUT2D eigenvalue weighted by Crippen LogP contribution is -2.37. The smallest absolute Gasteiger partial charge is 0.220 e. The molecule has 0 aliphatic rings. The molecule has 0 heterocycles. The van der Waals surface area contributed by atoms with Crippen LogP contribution in [0.3, 0.4) is 0 Å². The number of methoxy groups -OCH3 is 1. The van der Waals surface area contributed by atoms with Crippen molar-refractivity contribution < 1.29 is 9.53 Å². The van der Waals surface area contributed by atoms with Crippen LogP contribution in [0.2, 0.25) is 19.6 Å². The lowest BCUT2D eigenvalue weighted by atomic mass is 10.1. The van der Waals surface area contributed by atoms with Crippen molar-refractivity contribution in [3.63, 3.8) is 0 Å². The second-order valence-corrected chi connectivity index (χ2v) is 13.0. The van der Waals surface area contributed by atoms with Gasteiger partial charge in [-0.1, -0.05) is 68.2 Å². The molecule has 0 saturated carbocycles. The van der Waals surface area contributed by atoms with Crippen LogP contribution in [0.15, 0.2) is 54.6 Å². The third-order valence-electron chi connectivity index (χ3n) is 4.63. The summed E-state index contributed by atoms with van der Waals surface area (Å²) in [5, 5.41) is 3.15. The van der Waals surface area contributed by atoms with Crippen molar-refractivity contribution in [1.82, 2.24) is 5.32 Å². The number of nitrogens with one attached hydrogen (secondary N) is 1. The summed E-state index contributed by atoms with van der Waals surface area (Å²) in [6.45, 7) is 8.94. The predicted molar refractivity (Wildman–Crippen MR) is 107 cm³/mol. The highest BCUT2D eigenvalue weighted by atomic mass is 28.3. The molecule has 0 aliphatic heterocycles. The van der Waals surface area contributed by atoms with Crippen molar-refractivity contribution in [3.05, 3.63) is 65.7 Å². The van der Waals surface area contributed by atoms with Gasteiger partial charge in [-0.25, -0.2) is 0 Å². The van der Waals surface area contributed by atoms with Gasteiger partial charge in [-0.3, -0.25) is 4.79 Å². The molecule has 0 bridgehead atoms. The Morgan fingerprint density at radius 2 is 1.64 bits per heavy atom. The summed E-state index contributed by atoms with van der Waals surface area (Å²) in [5.74, 6) is 0.966. The zero-order valence-electron chi connectivity index (χ0n) is 15.9. The van der Waals surface area contributed by atoms with E-state index in [1.54, 1.807) is 7.11 Å². The Morgan fingerprint density at radius 1 is 1.04 bits per heavy atom. The van der Waals surface area contributed by atoms with Crippen LogP contribution in [0, 0.1) is 0 Å². The Balaban J connectivity index is 2.16. The number of ether oxygens (including phenoxy) is 1. The van der Waals surface area contributed by atoms with Crippen molar-refractivity contribution in [2.24, 2.45) is 0 Å². The van der Waals surface area contributed by atoms with Gasteiger partial charge < -0.3 is 10.1 Å². The highest BCUT2D eigenvalue weighted by Crippen LogP contribution is 2.36. The van der Waals surface area contributed by atoms with E-state index >= 15 is 0 Å². The van der Waals surface area contributed by atoms with Crippen molar-refractivity contribution in [2.75, 3.05) is 7.11 Å². The average molecular weight is 356 g/mol. The number of hydrogen-bond donors (Lipinski definition) is 1. The van der Waals surface area contributed by atoms with E-state index in [-0.39, 0.29) is 17.5 Å². The van der Waals surface area contributed by atoms with Gasteiger partial charge in [0.1, 0.15) is 5.75 Å². The molecular formula is C21H29NO2Si. The average Bonchev–Trinajstić information content (AvgIpc) is 2.59. The van der Waals surface area contributed by atoms with Gasteiger partial charge in [0.2, 0.25) is 5.91 Å². The summed E-state index contributed by atoms with van der Waals surface area (Å²) in [7, 11) is 0.0831. The number of carbonyl (C=O) groups excluding carboxylic acids is 1. The van der Waals surface area contributed by atoms with Crippen molar-refractivity contribution in [1.29, 1.82) is 0 Å². The Kier molecular flexibility index (Phi) is 6.43. The molecular weight excluding hydrogens is 326 g/mol. The summed E-state index contributed by atoms with van der Waals surface area (Å²) >= 11 is 0. The molecule has 2 aromatic rings. The largest absolute Gasteiger partial charge is 0.496 e. The summed E-state index contributed by atoms with van der Waals surface area (Å²) < 4.78 is 5.54. The van der Waals surface area contributed by atoms with E-state index in [0.717, 1.165) is 16.9 Å². The molecule has 0 radical (unpaired) electrons. The molecule has 0 spiro atoms. The number of carbonyl (C=O) groups is 1. The number of hydrogen-bond acceptors (Lipinski definition) is 2. The first-order chi connectivity index (χ1) is 11.8. The molecule has 0 fully saturated rings. The molecule has 2 aromatic carbocycles. The molecule has 2 atom stereocenters. The molecule has 0 aliphatic carbocycles. The third-order valence-corrected chi connectivity index (χ3v) is 7.23. The van der Waals surface area contributed by atoms with Gasteiger partial charge in [0, 0.05) is 6.42 Å². The monoisotopic (exact) mass is 355 g/mol. The Bertz CT molecular complexity index is 695. The molecule has 2 rings (SSSR count). The normalized spacial score (nSPS) is 13.8. The Hall–Kier alpha value is -2.07. The van der Waals surface area contributed by atoms with Crippen LogP contribution in [0.4, 0.5) is 0 Å². The van der Waals surface area contributed by atoms with Crippen LogP contribution >= 0.6 is 0 Å². The van der Waals surface area contributed by atoms with Gasteiger partial charge in [-0.05, 0) is 29.7 Å². The summed E-state index contributed by atoms with van der Waals surface area (Å²) in [6.07, 6.45) is 0.493. The van der Waals surface area contributed by atoms with Gasteiger partial charge >= 0.3 is 0 Å². The van der Waals surface area contributed by atoms with Gasteiger partial charge in [0.15, 0.2) is 0 Å². The number of rotatable bonds is 7. The fourth-order valence-electron chi connectivity index (χ4n) is 3.15. The highest BCUT2D eigenvalue weighted by Gasteiger charge is 2.32. The van der Waals surface area contributed by atoms with E-state index in [1.807, 2.05) is 55.5 Å². The molecule has 134 valence electrons. The van der Waals surface area contributed by atoms with Crippen molar-refractivity contribution in [2.45, 2.75) is 44.6 Å². The van der Waals surface area contributed by atoms with Crippen LogP contribution in [0.1, 0.15) is 36.1 Å². The standard InChI is InChI=1S/C21H29NO2Si/c1-16(17-11-7-6-8-12-17)22-21(23)15-20(25(3,4)5)18-13-9-10-14-19(18)24-2/h6-14,16,20H,15H2,1-5H3,(H,22,23)/t16-,20+/m1/s1. The molecule has 25 heavy (non-hydrogen) atoms. The summed E-state index contributed by atoms with van der Waals surface area (Å²) in [5.41, 5.74) is 2.48. The number of para-hydroxylation sites is 1. The molecule has 1 amide bonds. The minimum absolute atomic E-state index is 0.00801. The maximum Gasteiger partial charge on any atom is 0.220 e. The zero-order chi connectivity index (χ0) is 18.4. The first-order valence-corrected chi connectivity index (χ1v) is 12.4. The van der Waals surface area contributed by atoms with E-state index in [4.69, 9.17) is 4.74 Å². The minimum atomic E-state index is -1.61. The predicted octanol–water partition coefficient (Wildman–Crippen LogP) is 4.92. The van der Waals surface area contributed by atoms with E-state index in [1.165, 1.54) is 0 Å². The Morgan fingerprint density at radius 3 is 2.24 bits per heavy atom. The lowest BCUT2D eigenvalue weighted by Gasteiger charge is -2.30. The fourth-order valence-corrected chi connectivity index (χ4v) is 5.12. The number of amides is 1. The number of benzene rings is 2. The molecule has 0 unspecified atom stereocenters. The summed E-state index contributed by atoms with van der Waals surface area (Å²) in [4.78, 5) is 12.7. The van der Waals surface area contributed by atoms with Gasteiger partial charge in [-0.2, -0.15) is 0 Å². The first kappa shape index (κ1) is 19.3. The summed E-state index contributed by atoms with van der Waals surface area (Å²) in [6, 6.07) is 18.1. The third kappa shape index (κ3) is 5.20. The first-order valence-electron chi connectivity index (χ1n) is 8.80. The van der Waals surface area contributed by atoms with Crippen LogP contribution in [0.25, 0.3) is 0 Å². The van der Waals surface area contributed by atoms with E-state index in [2.05, 4.69) is 31.0 Å². The molecule has 3 nitrogen and oxygen atoms in total. The van der Waals surface area contributed by atoms with Gasteiger partial charge in [0.25, 0.3) is 0 Å². The van der Waals surface area contributed by atoms with Crippen LogP contribution in [-0.4, -0.2) is 21.1 Å².